The SMILES string of the molecule is C=CCNC(=O)c1ccccc1NC(=O)c1ccc(CN(c2ccccc2)S(C)(=O)=O)cc1. The summed E-state index contributed by atoms with van der Waals surface area (Å²) in [5.74, 6) is -0.698. The molecule has 0 atom stereocenters. The Morgan fingerprint density at radius 2 is 1.55 bits per heavy atom. The summed E-state index contributed by atoms with van der Waals surface area (Å²) in [6.07, 6.45) is 2.73. The van der Waals surface area contributed by atoms with Crippen LogP contribution in [0.5, 0.6) is 0 Å². The molecule has 0 unspecified atom stereocenters. The highest BCUT2D eigenvalue weighted by Crippen LogP contribution is 2.21. The maximum absolute atomic E-state index is 12.8. The van der Waals surface area contributed by atoms with E-state index in [9.17, 15) is 18.0 Å². The van der Waals surface area contributed by atoms with Gasteiger partial charge in [-0.05, 0) is 42.0 Å². The van der Waals surface area contributed by atoms with E-state index in [2.05, 4.69) is 17.2 Å². The van der Waals surface area contributed by atoms with Gasteiger partial charge in [-0.2, -0.15) is 0 Å². The maximum atomic E-state index is 12.8. The van der Waals surface area contributed by atoms with Gasteiger partial charge in [-0.25, -0.2) is 8.42 Å². The van der Waals surface area contributed by atoms with Crippen LogP contribution >= 0.6 is 0 Å². The van der Waals surface area contributed by atoms with Crippen LogP contribution in [-0.2, 0) is 16.6 Å². The molecule has 8 heteroatoms. The zero-order valence-corrected chi connectivity index (χ0v) is 19.0. The molecule has 0 radical (unpaired) electrons. The minimum atomic E-state index is -3.49. The molecule has 2 N–H and O–H groups in total. The minimum absolute atomic E-state index is 0.136. The van der Waals surface area contributed by atoms with Crippen LogP contribution in [-0.4, -0.2) is 33.0 Å². The van der Waals surface area contributed by atoms with E-state index in [1.54, 1.807) is 78.9 Å². The van der Waals surface area contributed by atoms with Gasteiger partial charge in [0.05, 0.1) is 29.7 Å². The molecule has 0 saturated carbocycles. The second-order valence-electron chi connectivity index (χ2n) is 7.30. The van der Waals surface area contributed by atoms with Crippen molar-refractivity contribution in [3.63, 3.8) is 0 Å². The summed E-state index contributed by atoms with van der Waals surface area (Å²) in [5, 5.41) is 5.45. The third-order valence-corrected chi connectivity index (χ3v) is 5.95. The van der Waals surface area contributed by atoms with E-state index in [4.69, 9.17) is 0 Å². The van der Waals surface area contributed by atoms with E-state index < -0.39 is 10.0 Å². The average molecular weight is 464 g/mol. The molecule has 2 amide bonds. The van der Waals surface area contributed by atoms with Gasteiger partial charge in [-0.3, -0.25) is 13.9 Å². The number of hydrogen-bond acceptors (Lipinski definition) is 4. The van der Waals surface area contributed by atoms with Crippen LogP contribution in [0.15, 0.2) is 91.5 Å². The van der Waals surface area contributed by atoms with Gasteiger partial charge in [0.2, 0.25) is 10.0 Å². The monoisotopic (exact) mass is 463 g/mol. The number of carbonyl (C=O) groups excluding carboxylic acids is 2. The van der Waals surface area contributed by atoms with Crippen LogP contribution in [0.3, 0.4) is 0 Å². The first-order chi connectivity index (χ1) is 15.8. The van der Waals surface area contributed by atoms with E-state index in [0.29, 0.717) is 29.0 Å². The Morgan fingerprint density at radius 1 is 0.909 bits per heavy atom. The second-order valence-corrected chi connectivity index (χ2v) is 9.21. The molecule has 0 spiro atoms. The van der Waals surface area contributed by atoms with Crippen molar-refractivity contribution in [2.24, 2.45) is 0 Å². The molecule has 33 heavy (non-hydrogen) atoms. The Bertz CT molecular complexity index is 1240. The van der Waals surface area contributed by atoms with Crippen molar-refractivity contribution in [1.29, 1.82) is 0 Å². The third-order valence-electron chi connectivity index (χ3n) is 4.81. The molecule has 0 aliphatic heterocycles. The van der Waals surface area contributed by atoms with Gasteiger partial charge in [-0.1, -0.05) is 48.5 Å². The lowest BCUT2D eigenvalue weighted by molar-refractivity contribution is 0.0959. The first-order valence-electron chi connectivity index (χ1n) is 10.2. The Hall–Kier alpha value is -3.91. The lowest BCUT2D eigenvalue weighted by atomic mass is 10.1. The van der Waals surface area contributed by atoms with E-state index in [0.717, 1.165) is 11.8 Å². The van der Waals surface area contributed by atoms with Gasteiger partial charge in [-0.15, -0.1) is 6.58 Å². The first-order valence-corrected chi connectivity index (χ1v) is 12.1. The molecule has 3 aromatic rings. The zero-order chi connectivity index (χ0) is 23.8. The fourth-order valence-corrected chi connectivity index (χ4v) is 4.05. The zero-order valence-electron chi connectivity index (χ0n) is 18.2. The molecule has 0 aliphatic carbocycles. The molecule has 0 bridgehead atoms. The fourth-order valence-electron chi connectivity index (χ4n) is 3.17. The molecule has 0 aromatic heterocycles. The normalized spacial score (nSPS) is 10.8. The molecule has 0 aliphatic rings. The van der Waals surface area contributed by atoms with Crippen molar-refractivity contribution in [2.75, 3.05) is 22.4 Å². The topological polar surface area (TPSA) is 95.6 Å². The lowest BCUT2D eigenvalue weighted by Gasteiger charge is -2.22. The smallest absolute Gasteiger partial charge is 0.255 e. The highest BCUT2D eigenvalue weighted by Gasteiger charge is 2.18. The summed E-state index contributed by atoms with van der Waals surface area (Å²) in [6, 6.07) is 22.2. The summed E-state index contributed by atoms with van der Waals surface area (Å²) >= 11 is 0. The first kappa shape index (κ1) is 23.7. The van der Waals surface area contributed by atoms with Crippen LogP contribution in [0, 0.1) is 0 Å². The van der Waals surface area contributed by atoms with Gasteiger partial charge in [0.15, 0.2) is 0 Å². The molecule has 3 rings (SSSR count). The largest absolute Gasteiger partial charge is 0.349 e. The minimum Gasteiger partial charge on any atom is -0.349 e. The van der Waals surface area contributed by atoms with Gasteiger partial charge < -0.3 is 10.6 Å². The van der Waals surface area contributed by atoms with E-state index in [1.165, 1.54) is 4.31 Å². The highest BCUT2D eigenvalue weighted by molar-refractivity contribution is 7.92. The lowest BCUT2D eigenvalue weighted by Crippen LogP contribution is -2.29. The standard InChI is InChI=1S/C25H25N3O4S/c1-3-17-26-25(30)22-11-7-8-12-23(22)27-24(29)20-15-13-19(14-16-20)18-28(33(2,31)32)21-9-5-4-6-10-21/h3-16H,1,17-18H2,2H3,(H,26,30)(H,27,29). The fraction of sp³-hybridized carbons (Fsp3) is 0.120. The number of nitrogens with one attached hydrogen (secondary N) is 2. The summed E-state index contributed by atoms with van der Waals surface area (Å²) in [7, 11) is -3.49. The predicted molar refractivity (Wildman–Crippen MR) is 131 cm³/mol. The van der Waals surface area contributed by atoms with Crippen LogP contribution in [0.4, 0.5) is 11.4 Å². The summed E-state index contributed by atoms with van der Waals surface area (Å²) in [6.45, 7) is 4.02. The summed E-state index contributed by atoms with van der Waals surface area (Å²) in [5.41, 5.74) is 2.40. The van der Waals surface area contributed by atoms with Crippen LogP contribution in [0.2, 0.25) is 0 Å². The number of para-hydroxylation sites is 2. The van der Waals surface area contributed by atoms with Crippen LogP contribution in [0.1, 0.15) is 26.3 Å². The molecule has 170 valence electrons. The van der Waals surface area contributed by atoms with Gasteiger partial charge >= 0.3 is 0 Å². The highest BCUT2D eigenvalue weighted by atomic mass is 32.2. The Balaban J connectivity index is 1.75. The van der Waals surface area contributed by atoms with Crippen LogP contribution in [0.25, 0.3) is 0 Å². The molecule has 0 fully saturated rings. The number of anilines is 2. The van der Waals surface area contributed by atoms with Gasteiger partial charge in [0.25, 0.3) is 11.8 Å². The summed E-state index contributed by atoms with van der Waals surface area (Å²) < 4.78 is 25.9. The molecule has 0 heterocycles. The molecule has 7 nitrogen and oxygen atoms in total. The number of amides is 2. The second kappa shape index (κ2) is 10.6. The van der Waals surface area contributed by atoms with Crippen molar-refractivity contribution < 1.29 is 18.0 Å². The van der Waals surface area contributed by atoms with E-state index >= 15 is 0 Å². The van der Waals surface area contributed by atoms with Crippen molar-refractivity contribution in [1.82, 2.24) is 5.32 Å². The van der Waals surface area contributed by atoms with Gasteiger partial charge in [0, 0.05) is 12.1 Å². The Morgan fingerprint density at radius 3 is 2.18 bits per heavy atom. The van der Waals surface area contributed by atoms with Crippen molar-refractivity contribution in [3.8, 4) is 0 Å². The van der Waals surface area contributed by atoms with E-state index in [-0.39, 0.29) is 18.4 Å². The number of benzene rings is 3. The molecule has 3 aromatic carbocycles. The quantitative estimate of drug-likeness (QED) is 0.472. The number of nitrogens with zero attached hydrogens (tertiary/aromatic N) is 1. The Kier molecular flexibility index (Phi) is 7.63. The van der Waals surface area contributed by atoms with Crippen molar-refractivity contribution in [3.05, 3.63) is 108 Å². The number of hydrogen-bond donors (Lipinski definition) is 2. The molecular formula is C25H25N3O4S. The third kappa shape index (κ3) is 6.30. The maximum Gasteiger partial charge on any atom is 0.255 e. The van der Waals surface area contributed by atoms with Gasteiger partial charge in [0.1, 0.15) is 0 Å². The van der Waals surface area contributed by atoms with Crippen molar-refractivity contribution in [2.45, 2.75) is 6.54 Å². The number of rotatable bonds is 9. The summed E-state index contributed by atoms with van der Waals surface area (Å²) in [4.78, 5) is 25.1. The number of sulfonamides is 1. The van der Waals surface area contributed by atoms with Crippen molar-refractivity contribution >= 4 is 33.2 Å². The van der Waals surface area contributed by atoms with E-state index in [1.807, 2.05) is 6.07 Å². The number of carbonyl (C=O) groups is 2. The Labute approximate surface area is 193 Å². The molecular weight excluding hydrogens is 438 g/mol. The molecule has 0 saturated heterocycles. The predicted octanol–water partition coefficient (Wildman–Crippen LogP) is 3.82. The average Bonchev–Trinajstić information content (AvgIpc) is 2.81. The van der Waals surface area contributed by atoms with Crippen LogP contribution < -0.4 is 14.9 Å².